The zero-order valence-electron chi connectivity index (χ0n) is 6.52. The molecule has 0 aromatic heterocycles. The first-order valence-corrected chi connectivity index (χ1v) is 4.37. The molecule has 3 heteroatoms. The summed E-state index contributed by atoms with van der Waals surface area (Å²) in [5, 5.41) is 3.08. The van der Waals surface area contributed by atoms with Gasteiger partial charge in [-0.2, -0.15) is 0 Å². The van der Waals surface area contributed by atoms with Crippen LogP contribution in [0.4, 0.5) is 5.69 Å². The van der Waals surface area contributed by atoms with E-state index in [1.54, 1.807) is 7.11 Å². The van der Waals surface area contributed by atoms with Gasteiger partial charge < -0.3 is 10.1 Å². The fraction of sp³-hybridized carbons (Fsp3) is 0.250. The maximum Gasteiger partial charge on any atom is 0.120 e. The average molecular weight is 263 g/mol. The minimum absolute atomic E-state index is 0.884. The smallest absolute Gasteiger partial charge is 0.120 e. The summed E-state index contributed by atoms with van der Waals surface area (Å²) in [6.45, 7) is 0. The summed E-state index contributed by atoms with van der Waals surface area (Å²) in [6, 6.07) is 5.94. The zero-order valence-corrected chi connectivity index (χ0v) is 8.68. The lowest BCUT2D eigenvalue weighted by Crippen LogP contribution is -1.92. The van der Waals surface area contributed by atoms with E-state index in [0.29, 0.717) is 0 Å². The molecule has 0 atom stereocenters. The lowest BCUT2D eigenvalue weighted by Gasteiger charge is -2.05. The van der Waals surface area contributed by atoms with E-state index in [1.165, 1.54) is 3.57 Å². The number of rotatable bonds is 2. The van der Waals surface area contributed by atoms with Crippen molar-refractivity contribution in [3.05, 3.63) is 21.8 Å². The van der Waals surface area contributed by atoms with Crippen molar-refractivity contribution in [3.63, 3.8) is 0 Å². The first-order valence-electron chi connectivity index (χ1n) is 3.29. The second kappa shape index (κ2) is 3.80. The minimum Gasteiger partial charge on any atom is -0.497 e. The molecule has 0 saturated carbocycles. The van der Waals surface area contributed by atoms with Crippen molar-refractivity contribution in [1.82, 2.24) is 0 Å². The van der Waals surface area contributed by atoms with Gasteiger partial charge in [-0.15, -0.1) is 0 Å². The van der Waals surface area contributed by atoms with Crippen molar-refractivity contribution in [2.45, 2.75) is 0 Å². The molecule has 0 saturated heterocycles. The highest BCUT2D eigenvalue weighted by atomic mass is 127. The van der Waals surface area contributed by atoms with E-state index < -0.39 is 0 Å². The highest BCUT2D eigenvalue weighted by molar-refractivity contribution is 14.1. The average Bonchev–Trinajstić information content (AvgIpc) is 2.05. The fourth-order valence-electron chi connectivity index (χ4n) is 0.823. The van der Waals surface area contributed by atoms with Gasteiger partial charge in [0, 0.05) is 16.7 Å². The number of ether oxygens (including phenoxy) is 1. The molecule has 1 N–H and O–H groups in total. The maximum atomic E-state index is 5.07. The van der Waals surface area contributed by atoms with Gasteiger partial charge in [0.05, 0.1) is 12.8 Å². The molecule has 1 rings (SSSR count). The second-order valence-electron chi connectivity index (χ2n) is 2.10. The summed E-state index contributed by atoms with van der Waals surface area (Å²) >= 11 is 2.28. The van der Waals surface area contributed by atoms with Gasteiger partial charge in [0.2, 0.25) is 0 Å². The Balaban J connectivity index is 3.02. The van der Waals surface area contributed by atoms with Crippen molar-refractivity contribution in [2.75, 3.05) is 19.5 Å². The Labute approximate surface area is 80.1 Å². The van der Waals surface area contributed by atoms with Crippen molar-refractivity contribution in [1.29, 1.82) is 0 Å². The standard InChI is InChI=1S/C8H10INO/c1-10-8-5-6(11-2)3-4-7(8)9/h3-5,10H,1-2H3. The molecule has 0 heterocycles. The third-order valence-corrected chi connectivity index (χ3v) is 2.38. The van der Waals surface area contributed by atoms with E-state index >= 15 is 0 Å². The van der Waals surface area contributed by atoms with Crippen LogP contribution >= 0.6 is 22.6 Å². The number of halogens is 1. The predicted octanol–water partition coefficient (Wildman–Crippen LogP) is 2.34. The van der Waals surface area contributed by atoms with Gasteiger partial charge in [0.15, 0.2) is 0 Å². The Morgan fingerprint density at radius 2 is 2.18 bits per heavy atom. The molecule has 0 aliphatic heterocycles. The van der Waals surface area contributed by atoms with Gasteiger partial charge in [-0.25, -0.2) is 0 Å². The van der Waals surface area contributed by atoms with E-state index in [9.17, 15) is 0 Å². The van der Waals surface area contributed by atoms with Crippen LogP contribution in [0.3, 0.4) is 0 Å². The largest absolute Gasteiger partial charge is 0.497 e. The van der Waals surface area contributed by atoms with Crippen molar-refractivity contribution in [3.8, 4) is 5.75 Å². The van der Waals surface area contributed by atoms with Crippen LogP contribution in [0, 0.1) is 3.57 Å². The van der Waals surface area contributed by atoms with Crippen LogP contribution in [-0.4, -0.2) is 14.2 Å². The topological polar surface area (TPSA) is 21.3 Å². The van der Waals surface area contributed by atoms with E-state index in [0.717, 1.165) is 11.4 Å². The first-order chi connectivity index (χ1) is 5.27. The van der Waals surface area contributed by atoms with Crippen LogP contribution in [0.15, 0.2) is 18.2 Å². The summed E-state index contributed by atoms with van der Waals surface area (Å²) in [5.41, 5.74) is 1.10. The number of anilines is 1. The Bertz CT molecular complexity index is 250. The molecular formula is C8H10INO. The maximum absolute atomic E-state index is 5.07. The van der Waals surface area contributed by atoms with Crippen LogP contribution < -0.4 is 10.1 Å². The van der Waals surface area contributed by atoms with E-state index in [2.05, 4.69) is 27.9 Å². The molecule has 0 spiro atoms. The van der Waals surface area contributed by atoms with Gasteiger partial charge in [-0.05, 0) is 34.7 Å². The molecule has 2 nitrogen and oxygen atoms in total. The van der Waals surface area contributed by atoms with E-state index in [1.807, 2.05) is 25.2 Å². The molecule has 11 heavy (non-hydrogen) atoms. The Kier molecular flexibility index (Phi) is 2.99. The van der Waals surface area contributed by atoms with Crippen molar-refractivity contribution < 1.29 is 4.74 Å². The second-order valence-corrected chi connectivity index (χ2v) is 3.26. The lowest BCUT2D eigenvalue weighted by molar-refractivity contribution is 0.415. The summed E-state index contributed by atoms with van der Waals surface area (Å²) in [7, 11) is 3.57. The molecule has 1 aromatic rings. The molecule has 0 fully saturated rings. The molecule has 1 aromatic carbocycles. The molecule has 0 aliphatic rings. The van der Waals surface area contributed by atoms with Gasteiger partial charge in [-0.3, -0.25) is 0 Å². The number of hydrogen-bond donors (Lipinski definition) is 1. The molecule has 0 aliphatic carbocycles. The third-order valence-electron chi connectivity index (χ3n) is 1.44. The summed E-state index contributed by atoms with van der Waals surface area (Å²) in [4.78, 5) is 0. The molecule has 0 unspecified atom stereocenters. The van der Waals surface area contributed by atoms with Crippen LogP contribution in [-0.2, 0) is 0 Å². The molecule has 0 bridgehead atoms. The van der Waals surface area contributed by atoms with Gasteiger partial charge >= 0.3 is 0 Å². The number of nitrogens with one attached hydrogen (secondary N) is 1. The lowest BCUT2D eigenvalue weighted by atomic mass is 10.3. The van der Waals surface area contributed by atoms with E-state index in [4.69, 9.17) is 4.74 Å². The Morgan fingerprint density at radius 1 is 1.45 bits per heavy atom. The molecule has 60 valence electrons. The molecule has 0 radical (unpaired) electrons. The van der Waals surface area contributed by atoms with Gasteiger partial charge in [0.25, 0.3) is 0 Å². The minimum atomic E-state index is 0.884. The predicted molar refractivity (Wildman–Crippen MR) is 55.3 cm³/mol. The quantitative estimate of drug-likeness (QED) is 0.827. The summed E-state index contributed by atoms with van der Waals surface area (Å²) in [6.07, 6.45) is 0. The SMILES string of the molecule is CNc1cc(OC)ccc1I. The van der Waals surface area contributed by atoms with Crippen LogP contribution in [0.2, 0.25) is 0 Å². The van der Waals surface area contributed by atoms with Crippen molar-refractivity contribution >= 4 is 28.3 Å². The Hall–Kier alpha value is -0.450. The molecule has 0 amide bonds. The summed E-state index contributed by atoms with van der Waals surface area (Å²) in [5.74, 6) is 0.884. The van der Waals surface area contributed by atoms with Crippen LogP contribution in [0.5, 0.6) is 5.75 Å². The normalized spacial score (nSPS) is 9.36. The van der Waals surface area contributed by atoms with E-state index in [-0.39, 0.29) is 0 Å². The first kappa shape index (κ1) is 8.64. The number of hydrogen-bond acceptors (Lipinski definition) is 2. The van der Waals surface area contributed by atoms with Gasteiger partial charge in [-0.1, -0.05) is 0 Å². The van der Waals surface area contributed by atoms with Gasteiger partial charge in [0.1, 0.15) is 5.75 Å². The fourth-order valence-corrected chi connectivity index (χ4v) is 1.43. The van der Waals surface area contributed by atoms with Crippen LogP contribution in [0.1, 0.15) is 0 Å². The highest BCUT2D eigenvalue weighted by Crippen LogP contribution is 2.22. The third kappa shape index (κ3) is 1.99. The zero-order chi connectivity index (χ0) is 8.27. The Morgan fingerprint density at radius 3 is 2.73 bits per heavy atom. The highest BCUT2D eigenvalue weighted by Gasteiger charge is 1.97. The van der Waals surface area contributed by atoms with Crippen LogP contribution in [0.25, 0.3) is 0 Å². The number of benzene rings is 1. The monoisotopic (exact) mass is 263 g/mol. The summed E-state index contributed by atoms with van der Waals surface area (Å²) < 4.78 is 6.27. The number of methoxy groups -OCH3 is 1. The molecular weight excluding hydrogens is 253 g/mol. The van der Waals surface area contributed by atoms with Crippen molar-refractivity contribution in [2.24, 2.45) is 0 Å².